The van der Waals surface area contributed by atoms with Crippen LogP contribution in [0.3, 0.4) is 0 Å². The molecule has 0 saturated heterocycles. The molecule has 2 nitrogen and oxygen atoms in total. The third kappa shape index (κ3) is 2.63. The molecule has 1 aromatic carbocycles. The number of sulfone groups is 1. The number of benzene rings is 1. The second-order valence-corrected chi connectivity index (χ2v) is 6.53. The van der Waals surface area contributed by atoms with Crippen LogP contribution < -0.4 is 0 Å². The van der Waals surface area contributed by atoms with Crippen LogP contribution in [0, 0.1) is 9.39 Å². The molecule has 0 amide bonds. The summed E-state index contributed by atoms with van der Waals surface area (Å²) in [5.74, 6) is -0.689. The Labute approximate surface area is 97.7 Å². The van der Waals surface area contributed by atoms with E-state index in [4.69, 9.17) is 0 Å². The Kier molecular flexibility index (Phi) is 3.34. The number of rotatable bonds is 1. The summed E-state index contributed by atoms with van der Waals surface area (Å²) < 4.78 is 36.3. The smallest absolute Gasteiger partial charge is 0.178 e. The van der Waals surface area contributed by atoms with E-state index in [0.717, 1.165) is 6.26 Å². The minimum Gasteiger partial charge on any atom is -0.224 e. The zero-order valence-electron chi connectivity index (χ0n) is 6.51. The Morgan fingerprint density at radius 2 is 2.00 bits per heavy atom. The summed E-state index contributed by atoms with van der Waals surface area (Å²) in [6.45, 7) is 0. The molecule has 1 rings (SSSR count). The van der Waals surface area contributed by atoms with Crippen LogP contribution in [0.1, 0.15) is 0 Å². The third-order valence-electron chi connectivity index (χ3n) is 1.36. The van der Waals surface area contributed by atoms with Crippen LogP contribution in [-0.4, -0.2) is 14.7 Å². The summed E-state index contributed by atoms with van der Waals surface area (Å²) in [6, 6.07) is 2.78. The predicted molar refractivity (Wildman–Crippen MR) is 59.9 cm³/mol. The average molecular weight is 379 g/mol. The van der Waals surface area contributed by atoms with Crippen LogP contribution in [0.2, 0.25) is 0 Å². The zero-order valence-corrected chi connectivity index (χ0v) is 11.1. The molecule has 0 fully saturated rings. The van der Waals surface area contributed by atoms with Crippen molar-refractivity contribution in [3.8, 4) is 0 Å². The molecule has 0 bridgehead atoms. The van der Waals surface area contributed by atoms with Crippen molar-refractivity contribution < 1.29 is 12.8 Å². The lowest BCUT2D eigenvalue weighted by Crippen LogP contribution is -2.02. The molecule has 0 aliphatic heterocycles. The normalized spacial score (nSPS) is 11.7. The van der Waals surface area contributed by atoms with Crippen molar-refractivity contribution in [3.05, 3.63) is 26.0 Å². The minimum absolute atomic E-state index is 0.272. The van der Waals surface area contributed by atoms with Gasteiger partial charge in [-0.15, -0.1) is 0 Å². The van der Waals surface area contributed by atoms with Crippen molar-refractivity contribution in [2.45, 2.75) is 4.90 Å². The monoisotopic (exact) mass is 378 g/mol. The highest BCUT2D eigenvalue weighted by Gasteiger charge is 2.16. The van der Waals surface area contributed by atoms with Gasteiger partial charge in [0, 0.05) is 10.7 Å². The molecule has 0 aliphatic rings. The Morgan fingerprint density at radius 3 is 2.46 bits per heavy atom. The SMILES string of the molecule is CS(=O)(=O)c1cc(Br)cc(I)c1F. The number of hydrogen-bond donors (Lipinski definition) is 0. The summed E-state index contributed by atoms with van der Waals surface area (Å²) >= 11 is 4.85. The molecule has 0 aliphatic carbocycles. The van der Waals surface area contributed by atoms with Gasteiger partial charge in [0.1, 0.15) is 4.90 Å². The number of halogens is 3. The summed E-state index contributed by atoms with van der Waals surface area (Å²) in [5.41, 5.74) is 0. The Bertz CT molecular complexity index is 444. The highest BCUT2D eigenvalue weighted by molar-refractivity contribution is 14.1. The van der Waals surface area contributed by atoms with E-state index >= 15 is 0 Å². The second kappa shape index (κ2) is 3.82. The Balaban J connectivity index is 3.56. The van der Waals surface area contributed by atoms with Gasteiger partial charge < -0.3 is 0 Å². The molecule has 0 N–H and O–H groups in total. The van der Waals surface area contributed by atoms with Gasteiger partial charge in [0.15, 0.2) is 15.7 Å². The standard InChI is InChI=1S/C7H5BrFIO2S/c1-13(11,12)6-3-4(8)2-5(10)7(6)9/h2-3H,1H3. The lowest BCUT2D eigenvalue weighted by atomic mass is 10.3. The molecule has 0 atom stereocenters. The van der Waals surface area contributed by atoms with Gasteiger partial charge in [-0.2, -0.15) is 0 Å². The van der Waals surface area contributed by atoms with Crippen molar-refractivity contribution in [3.63, 3.8) is 0 Å². The molecule has 0 spiro atoms. The molecule has 13 heavy (non-hydrogen) atoms. The van der Waals surface area contributed by atoms with E-state index in [2.05, 4.69) is 15.9 Å². The van der Waals surface area contributed by atoms with Crippen molar-refractivity contribution in [1.82, 2.24) is 0 Å². The van der Waals surface area contributed by atoms with Gasteiger partial charge in [-0.1, -0.05) is 15.9 Å². The van der Waals surface area contributed by atoms with Crippen LogP contribution in [-0.2, 0) is 9.84 Å². The molecular weight excluding hydrogens is 374 g/mol. The average Bonchev–Trinajstić information content (AvgIpc) is 1.94. The first-order valence-electron chi connectivity index (χ1n) is 3.17. The maximum Gasteiger partial charge on any atom is 0.178 e. The highest BCUT2D eigenvalue weighted by atomic mass is 127. The molecule has 0 aromatic heterocycles. The fourth-order valence-corrected chi connectivity index (χ4v) is 3.43. The van der Waals surface area contributed by atoms with Crippen LogP contribution in [0.15, 0.2) is 21.5 Å². The van der Waals surface area contributed by atoms with E-state index in [1.165, 1.54) is 12.1 Å². The zero-order chi connectivity index (χ0) is 10.2. The van der Waals surface area contributed by atoms with E-state index in [1.54, 1.807) is 22.6 Å². The maximum atomic E-state index is 13.3. The van der Waals surface area contributed by atoms with E-state index in [-0.39, 0.29) is 8.47 Å². The first-order chi connectivity index (χ1) is 5.82. The molecule has 0 radical (unpaired) electrons. The first-order valence-corrected chi connectivity index (χ1v) is 6.93. The second-order valence-electron chi connectivity index (χ2n) is 2.47. The van der Waals surface area contributed by atoms with Crippen molar-refractivity contribution in [2.75, 3.05) is 6.26 Å². The Hall–Kier alpha value is 0.310. The first kappa shape index (κ1) is 11.4. The highest BCUT2D eigenvalue weighted by Crippen LogP contribution is 2.24. The molecule has 72 valence electrons. The van der Waals surface area contributed by atoms with Crippen LogP contribution in [0.25, 0.3) is 0 Å². The van der Waals surface area contributed by atoms with E-state index in [1.807, 2.05) is 0 Å². The molecule has 0 saturated carbocycles. The van der Waals surface area contributed by atoms with Crippen molar-refractivity contribution in [1.29, 1.82) is 0 Å². The molecule has 6 heteroatoms. The van der Waals surface area contributed by atoms with E-state index in [9.17, 15) is 12.8 Å². The van der Waals surface area contributed by atoms with Gasteiger partial charge in [0.25, 0.3) is 0 Å². The van der Waals surface area contributed by atoms with Crippen molar-refractivity contribution in [2.24, 2.45) is 0 Å². The summed E-state index contributed by atoms with van der Waals surface area (Å²) in [5, 5.41) is 0. The van der Waals surface area contributed by atoms with Crippen LogP contribution >= 0.6 is 38.5 Å². The van der Waals surface area contributed by atoms with Gasteiger partial charge in [0.05, 0.1) is 3.57 Å². The quantitative estimate of drug-likeness (QED) is 0.556. The van der Waals surface area contributed by atoms with Crippen LogP contribution in [0.4, 0.5) is 4.39 Å². The van der Waals surface area contributed by atoms with Gasteiger partial charge in [-0.3, -0.25) is 0 Å². The Morgan fingerprint density at radius 1 is 1.46 bits per heavy atom. The van der Waals surface area contributed by atoms with Gasteiger partial charge in [0.2, 0.25) is 0 Å². The summed E-state index contributed by atoms with van der Waals surface area (Å²) in [6.07, 6.45) is 0.980. The van der Waals surface area contributed by atoms with Gasteiger partial charge in [-0.05, 0) is 34.7 Å². The molecule has 0 heterocycles. The molecule has 1 aromatic rings. The lowest BCUT2D eigenvalue weighted by molar-refractivity contribution is 0.566. The van der Waals surface area contributed by atoms with Gasteiger partial charge in [-0.25, -0.2) is 12.8 Å². The maximum absolute atomic E-state index is 13.3. The fourth-order valence-electron chi connectivity index (χ4n) is 0.802. The molecular formula is C7H5BrFIO2S. The van der Waals surface area contributed by atoms with E-state index < -0.39 is 15.7 Å². The fraction of sp³-hybridized carbons (Fsp3) is 0.143. The topological polar surface area (TPSA) is 34.1 Å². The summed E-state index contributed by atoms with van der Waals surface area (Å²) in [4.78, 5) is -0.272. The number of hydrogen-bond acceptors (Lipinski definition) is 2. The van der Waals surface area contributed by atoms with Gasteiger partial charge >= 0.3 is 0 Å². The predicted octanol–water partition coefficient (Wildman–Crippen LogP) is 2.60. The minimum atomic E-state index is -3.49. The summed E-state index contributed by atoms with van der Waals surface area (Å²) in [7, 11) is -3.49. The largest absolute Gasteiger partial charge is 0.224 e. The van der Waals surface area contributed by atoms with Crippen LogP contribution in [0.5, 0.6) is 0 Å². The lowest BCUT2D eigenvalue weighted by Gasteiger charge is -2.03. The third-order valence-corrected chi connectivity index (χ3v) is 3.70. The van der Waals surface area contributed by atoms with Crippen molar-refractivity contribution >= 4 is 48.4 Å². The molecule has 0 unspecified atom stereocenters. The van der Waals surface area contributed by atoms with E-state index in [0.29, 0.717) is 4.47 Å².